The zero-order valence-electron chi connectivity index (χ0n) is 13.9. The summed E-state index contributed by atoms with van der Waals surface area (Å²) in [5.74, 6) is -1.00. The van der Waals surface area contributed by atoms with Crippen molar-refractivity contribution in [3.8, 4) is 6.07 Å². The summed E-state index contributed by atoms with van der Waals surface area (Å²) in [6.45, 7) is -0.0986. The third kappa shape index (κ3) is 4.26. The molecule has 6 nitrogen and oxygen atoms in total. The van der Waals surface area contributed by atoms with Gasteiger partial charge in [0.05, 0.1) is 17.2 Å². The van der Waals surface area contributed by atoms with E-state index in [-0.39, 0.29) is 13.0 Å². The van der Waals surface area contributed by atoms with Crippen LogP contribution in [0.3, 0.4) is 0 Å². The van der Waals surface area contributed by atoms with Crippen molar-refractivity contribution in [3.05, 3.63) is 71.8 Å². The summed E-state index contributed by atoms with van der Waals surface area (Å²) in [6, 6.07) is 19.1. The zero-order chi connectivity index (χ0) is 18.4. The number of nitrogens with zero attached hydrogens (tertiary/aromatic N) is 1. The Labute approximate surface area is 150 Å². The van der Waals surface area contributed by atoms with Gasteiger partial charge in [0.2, 0.25) is 0 Å². The summed E-state index contributed by atoms with van der Waals surface area (Å²) in [6.07, 6.45) is -1.80. The van der Waals surface area contributed by atoms with Crippen LogP contribution in [0.1, 0.15) is 27.1 Å². The lowest BCUT2D eigenvalue weighted by Gasteiger charge is -2.18. The first kappa shape index (κ1) is 17.6. The quantitative estimate of drug-likeness (QED) is 0.770. The summed E-state index contributed by atoms with van der Waals surface area (Å²) in [4.78, 5) is 24.3. The number of esters is 2. The van der Waals surface area contributed by atoms with Gasteiger partial charge in [0.15, 0.2) is 0 Å². The monoisotopic (exact) mass is 351 g/mol. The van der Waals surface area contributed by atoms with Crippen molar-refractivity contribution in [2.24, 2.45) is 0 Å². The van der Waals surface area contributed by atoms with E-state index in [0.717, 1.165) is 0 Å². The molecule has 2 aromatic rings. The van der Waals surface area contributed by atoms with E-state index < -0.39 is 30.3 Å². The van der Waals surface area contributed by atoms with Crippen LogP contribution in [-0.4, -0.2) is 36.9 Å². The number of benzene rings is 2. The van der Waals surface area contributed by atoms with Crippen molar-refractivity contribution in [1.29, 1.82) is 5.26 Å². The molecular formula is C20H17NO5. The number of carbonyl (C=O) groups excluding carboxylic acids is 2. The third-order valence-corrected chi connectivity index (χ3v) is 4.00. The van der Waals surface area contributed by atoms with Crippen molar-refractivity contribution in [3.63, 3.8) is 0 Å². The SMILES string of the molecule is N#C[C@@H]1C[C@H](OC(=O)c2ccccc2)[C@@H](COC(=O)c2ccccc2)O1. The molecule has 0 amide bonds. The van der Waals surface area contributed by atoms with E-state index in [1.807, 2.05) is 6.07 Å². The Morgan fingerprint density at radius 1 is 1.00 bits per heavy atom. The molecule has 0 bridgehead atoms. The van der Waals surface area contributed by atoms with Gasteiger partial charge in [-0.15, -0.1) is 0 Å². The fraction of sp³-hybridized carbons (Fsp3) is 0.250. The van der Waals surface area contributed by atoms with Crippen LogP contribution in [0.2, 0.25) is 0 Å². The van der Waals surface area contributed by atoms with Crippen LogP contribution in [0, 0.1) is 11.3 Å². The van der Waals surface area contributed by atoms with Gasteiger partial charge in [0.25, 0.3) is 0 Å². The highest BCUT2D eigenvalue weighted by atomic mass is 16.6. The molecule has 0 aromatic heterocycles. The van der Waals surface area contributed by atoms with Crippen LogP contribution < -0.4 is 0 Å². The van der Waals surface area contributed by atoms with E-state index >= 15 is 0 Å². The minimum atomic E-state index is -0.705. The Morgan fingerprint density at radius 2 is 1.58 bits per heavy atom. The fourth-order valence-corrected chi connectivity index (χ4v) is 2.67. The molecule has 1 heterocycles. The molecule has 0 unspecified atom stereocenters. The molecule has 0 saturated carbocycles. The number of ether oxygens (including phenoxy) is 3. The first-order valence-electron chi connectivity index (χ1n) is 8.20. The van der Waals surface area contributed by atoms with Crippen molar-refractivity contribution >= 4 is 11.9 Å². The zero-order valence-corrected chi connectivity index (χ0v) is 13.9. The standard InChI is InChI=1S/C20H17NO5/c21-12-16-11-17(26-20(23)15-9-5-2-6-10-15)18(25-16)13-24-19(22)14-7-3-1-4-8-14/h1-10,16-18H,11,13H2/t16-,17-,18+/m0/s1. The summed E-state index contributed by atoms with van der Waals surface area (Å²) in [5.41, 5.74) is 0.827. The lowest BCUT2D eigenvalue weighted by atomic mass is 10.1. The van der Waals surface area contributed by atoms with Gasteiger partial charge in [-0.3, -0.25) is 0 Å². The lowest BCUT2D eigenvalue weighted by Crippen LogP contribution is -2.32. The van der Waals surface area contributed by atoms with E-state index in [1.54, 1.807) is 60.7 Å². The maximum Gasteiger partial charge on any atom is 0.338 e. The number of hydrogen-bond acceptors (Lipinski definition) is 6. The Balaban J connectivity index is 1.62. The average Bonchev–Trinajstić information content (AvgIpc) is 3.09. The van der Waals surface area contributed by atoms with E-state index in [2.05, 4.69) is 0 Å². The van der Waals surface area contributed by atoms with Crippen molar-refractivity contribution < 1.29 is 23.8 Å². The van der Waals surface area contributed by atoms with Gasteiger partial charge in [0.1, 0.15) is 24.9 Å². The Hall–Kier alpha value is -3.17. The van der Waals surface area contributed by atoms with Crippen molar-refractivity contribution in [2.75, 3.05) is 6.61 Å². The molecule has 1 fully saturated rings. The van der Waals surface area contributed by atoms with Gasteiger partial charge >= 0.3 is 11.9 Å². The number of carbonyl (C=O) groups is 2. The van der Waals surface area contributed by atoms with E-state index in [1.165, 1.54) is 0 Å². The number of nitriles is 1. The largest absolute Gasteiger partial charge is 0.459 e. The molecule has 26 heavy (non-hydrogen) atoms. The predicted octanol–water partition coefficient (Wildman–Crippen LogP) is 2.75. The molecule has 0 N–H and O–H groups in total. The molecule has 0 spiro atoms. The molecule has 6 heteroatoms. The van der Waals surface area contributed by atoms with Crippen LogP contribution in [0.5, 0.6) is 0 Å². The van der Waals surface area contributed by atoms with Crippen LogP contribution in [-0.2, 0) is 14.2 Å². The van der Waals surface area contributed by atoms with Crippen LogP contribution in [0.25, 0.3) is 0 Å². The Kier molecular flexibility index (Phi) is 5.62. The molecular weight excluding hydrogens is 334 g/mol. The van der Waals surface area contributed by atoms with Gasteiger partial charge in [-0.25, -0.2) is 9.59 Å². The smallest absolute Gasteiger partial charge is 0.338 e. The second kappa shape index (κ2) is 8.28. The second-order valence-corrected chi connectivity index (χ2v) is 5.80. The minimum Gasteiger partial charge on any atom is -0.459 e. The lowest BCUT2D eigenvalue weighted by molar-refractivity contribution is -0.0350. The first-order valence-corrected chi connectivity index (χ1v) is 8.20. The van der Waals surface area contributed by atoms with E-state index in [0.29, 0.717) is 11.1 Å². The molecule has 3 atom stereocenters. The molecule has 2 aromatic carbocycles. The van der Waals surface area contributed by atoms with Gasteiger partial charge in [-0.2, -0.15) is 5.26 Å². The average molecular weight is 351 g/mol. The molecule has 3 rings (SSSR count). The van der Waals surface area contributed by atoms with Gasteiger partial charge in [0, 0.05) is 6.42 Å². The summed E-state index contributed by atoms with van der Waals surface area (Å²) < 4.78 is 16.3. The summed E-state index contributed by atoms with van der Waals surface area (Å²) in [7, 11) is 0. The second-order valence-electron chi connectivity index (χ2n) is 5.80. The van der Waals surface area contributed by atoms with Crippen molar-refractivity contribution in [1.82, 2.24) is 0 Å². The molecule has 1 saturated heterocycles. The highest BCUT2D eigenvalue weighted by molar-refractivity contribution is 5.90. The van der Waals surface area contributed by atoms with Gasteiger partial charge in [-0.05, 0) is 24.3 Å². The topological polar surface area (TPSA) is 85.6 Å². The molecule has 1 aliphatic heterocycles. The number of rotatable bonds is 5. The molecule has 132 valence electrons. The number of hydrogen-bond donors (Lipinski definition) is 0. The highest BCUT2D eigenvalue weighted by Gasteiger charge is 2.39. The van der Waals surface area contributed by atoms with E-state index in [4.69, 9.17) is 19.5 Å². The summed E-state index contributed by atoms with van der Waals surface area (Å²) >= 11 is 0. The van der Waals surface area contributed by atoms with Crippen LogP contribution >= 0.6 is 0 Å². The van der Waals surface area contributed by atoms with Gasteiger partial charge < -0.3 is 14.2 Å². The highest BCUT2D eigenvalue weighted by Crippen LogP contribution is 2.24. The predicted molar refractivity (Wildman–Crippen MR) is 91.3 cm³/mol. The van der Waals surface area contributed by atoms with Crippen molar-refractivity contribution in [2.45, 2.75) is 24.7 Å². The summed E-state index contributed by atoms with van der Waals surface area (Å²) in [5, 5.41) is 9.08. The van der Waals surface area contributed by atoms with Gasteiger partial charge in [-0.1, -0.05) is 36.4 Å². The fourth-order valence-electron chi connectivity index (χ4n) is 2.67. The maximum absolute atomic E-state index is 12.2. The molecule has 0 aliphatic carbocycles. The molecule has 1 aliphatic rings. The third-order valence-electron chi connectivity index (χ3n) is 4.00. The first-order chi connectivity index (χ1) is 12.7. The minimum absolute atomic E-state index is 0.0986. The Morgan fingerprint density at radius 3 is 2.15 bits per heavy atom. The van der Waals surface area contributed by atoms with E-state index in [9.17, 15) is 9.59 Å². The van der Waals surface area contributed by atoms with Crippen LogP contribution in [0.15, 0.2) is 60.7 Å². The Bertz CT molecular complexity index is 800. The van der Waals surface area contributed by atoms with Crippen LogP contribution in [0.4, 0.5) is 0 Å². The maximum atomic E-state index is 12.2. The normalized spacial score (nSPS) is 21.6. The molecule has 0 radical (unpaired) electrons.